The van der Waals surface area contributed by atoms with Crippen molar-refractivity contribution in [1.29, 1.82) is 0 Å². The zero-order valence-electron chi connectivity index (χ0n) is 11.4. The van der Waals surface area contributed by atoms with E-state index < -0.39 is 0 Å². The van der Waals surface area contributed by atoms with E-state index in [1.165, 1.54) is 5.56 Å². The second kappa shape index (κ2) is 5.11. The van der Waals surface area contributed by atoms with E-state index in [1.807, 2.05) is 23.1 Å². The molecule has 1 N–H and O–H groups in total. The van der Waals surface area contributed by atoms with Gasteiger partial charge in [-0.1, -0.05) is 51.1 Å². The van der Waals surface area contributed by atoms with Crippen molar-refractivity contribution in [3.63, 3.8) is 0 Å². The van der Waals surface area contributed by atoms with Crippen LogP contribution in [0.15, 0.2) is 30.3 Å². The number of amides is 1. The lowest BCUT2D eigenvalue weighted by atomic mass is 9.96. The number of rotatable bonds is 3. The first-order valence-corrected chi connectivity index (χ1v) is 6.52. The molecule has 0 spiro atoms. The highest BCUT2D eigenvalue weighted by atomic mass is 16.2. The maximum Gasteiger partial charge on any atom is 0.241 e. The second-order valence-corrected chi connectivity index (χ2v) is 6.20. The molecule has 0 bridgehead atoms. The van der Waals surface area contributed by atoms with Crippen LogP contribution in [0.1, 0.15) is 26.3 Å². The molecule has 1 atom stereocenters. The molecule has 1 aliphatic heterocycles. The first kappa shape index (κ1) is 13.1. The van der Waals surface area contributed by atoms with Crippen LogP contribution in [0.25, 0.3) is 0 Å². The summed E-state index contributed by atoms with van der Waals surface area (Å²) in [5.41, 5.74) is 1.36. The lowest BCUT2D eigenvalue weighted by molar-refractivity contribution is -0.129. The molecule has 1 aromatic rings. The van der Waals surface area contributed by atoms with E-state index >= 15 is 0 Å². The Bertz CT molecular complexity index is 408. The van der Waals surface area contributed by atoms with Crippen molar-refractivity contribution >= 4 is 5.91 Å². The summed E-state index contributed by atoms with van der Waals surface area (Å²) in [5, 5.41) is 3.30. The number of nitrogens with zero attached hydrogens (tertiary/aromatic N) is 1. The summed E-state index contributed by atoms with van der Waals surface area (Å²) < 4.78 is 0. The Labute approximate surface area is 109 Å². The third-order valence-electron chi connectivity index (χ3n) is 3.09. The Hall–Kier alpha value is -1.35. The van der Waals surface area contributed by atoms with Gasteiger partial charge in [-0.3, -0.25) is 10.1 Å². The van der Waals surface area contributed by atoms with Gasteiger partial charge in [-0.2, -0.15) is 0 Å². The number of benzene rings is 1. The molecule has 0 radical (unpaired) electrons. The lowest BCUT2D eigenvalue weighted by Crippen LogP contribution is -2.36. The van der Waals surface area contributed by atoms with Crippen molar-refractivity contribution in [2.75, 3.05) is 13.2 Å². The van der Waals surface area contributed by atoms with Crippen LogP contribution in [0, 0.1) is 5.41 Å². The summed E-state index contributed by atoms with van der Waals surface area (Å²) in [4.78, 5) is 14.2. The molecule has 3 nitrogen and oxygen atoms in total. The summed E-state index contributed by atoms with van der Waals surface area (Å²) in [7, 11) is 0. The highest BCUT2D eigenvalue weighted by molar-refractivity contribution is 5.84. The predicted molar refractivity (Wildman–Crippen MR) is 73.1 cm³/mol. The first-order valence-electron chi connectivity index (χ1n) is 6.52. The van der Waals surface area contributed by atoms with Crippen LogP contribution in [0.2, 0.25) is 0 Å². The number of carbonyl (C=O) groups excluding carboxylic acids is 1. The van der Waals surface area contributed by atoms with Crippen LogP contribution in [-0.4, -0.2) is 30.1 Å². The number of carbonyl (C=O) groups is 1. The molecular weight excluding hydrogens is 224 g/mol. The van der Waals surface area contributed by atoms with Gasteiger partial charge >= 0.3 is 0 Å². The average molecular weight is 246 g/mol. The molecular formula is C15H22N2O. The van der Waals surface area contributed by atoms with Gasteiger partial charge in [0.05, 0.1) is 12.7 Å². The number of hydrogen-bond donors (Lipinski definition) is 1. The molecule has 0 aromatic heterocycles. The zero-order chi connectivity index (χ0) is 13.2. The number of hydrogen-bond acceptors (Lipinski definition) is 2. The van der Waals surface area contributed by atoms with Gasteiger partial charge in [0.25, 0.3) is 0 Å². The standard InChI is InChI=1S/C15H22N2O/c1-15(2,3)10-17-11-16-13(14(17)18)9-12-7-5-4-6-8-12/h4-8,13,16H,9-11H2,1-3H3. The van der Waals surface area contributed by atoms with Crippen LogP contribution < -0.4 is 5.32 Å². The Morgan fingerprint density at radius 3 is 2.56 bits per heavy atom. The molecule has 1 aromatic carbocycles. The van der Waals surface area contributed by atoms with Crippen molar-refractivity contribution in [1.82, 2.24) is 10.2 Å². The molecule has 3 heteroatoms. The fourth-order valence-corrected chi connectivity index (χ4v) is 2.32. The smallest absolute Gasteiger partial charge is 0.241 e. The van der Waals surface area contributed by atoms with Gasteiger partial charge in [0.1, 0.15) is 0 Å². The molecule has 1 amide bonds. The Morgan fingerprint density at radius 2 is 1.94 bits per heavy atom. The van der Waals surface area contributed by atoms with Crippen molar-refractivity contribution in [2.24, 2.45) is 5.41 Å². The van der Waals surface area contributed by atoms with Crippen molar-refractivity contribution < 1.29 is 4.79 Å². The van der Waals surface area contributed by atoms with E-state index in [-0.39, 0.29) is 17.4 Å². The molecule has 1 aliphatic rings. The van der Waals surface area contributed by atoms with Gasteiger partial charge in [0.2, 0.25) is 5.91 Å². The van der Waals surface area contributed by atoms with Crippen molar-refractivity contribution in [3.05, 3.63) is 35.9 Å². The molecule has 1 saturated heterocycles. The molecule has 18 heavy (non-hydrogen) atoms. The largest absolute Gasteiger partial charge is 0.328 e. The fraction of sp³-hybridized carbons (Fsp3) is 0.533. The van der Waals surface area contributed by atoms with Crippen molar-refractivity contribution in [2.45, 2.75) is 33.2 Å². The van der Waals surface area contributed by atoms with E-state index in [1.54, 1.807) is 0 Å². The summed E-state index contributed by atoms with van der Waals surface area (Å²) in [6, 6.07) is 10.1. The van der Waals surface area contributed by atoms with Crippen LogP contribution in [-0.2, 0) is 11.2 Å². The highest BCUT2D eigenvalue weighted by Crippen LogP contribution is 2.18. The van der Waals surface area contributed by atoms with E-state index in [4.69, 9.17) is 0 Å². The van der Waals surface area contributed by atoms with E-state index in [2.05, 4.69) is 38.2 Å². The quantitative estimate of drug-likeness (QED) is 0.885. The highest BCUT2D eigenvalue weighted by Gasteiger charge is 2.32. The minimum atomic E-state index is -0.0604. The summed E-state index contributed by atoms with van der Waals surface area (Å²) in [6.45, 7) is 7.96. The summed E-state index contributed by atoms with van der Waals surface area (Å²) in [5.74, 6) is 0.230. The summed E-state index contributed by atoms with van der Waals surface area (Å²) >= 11 is 0. The Balaban J connectivity index is 1.95. The van der Waals surface area contributed by atoms with Gasteiger partial charge in [0.15, 0.2) is 0 Å². The Morgan fingerprint density at radius 1 is 1.28 bits per heavy atom. The molecule has 98 valence electrons. The molecule has 0 aliphatic carbocycles. The average Bonchev–Trinajstić information content (AvgIpc) is 2.61. The lowest BCUT2D eigenvalue weighted by Gasteiger charge is -2.25. The van der Waals surface area contributed by atoms with E-state index in [0.29, 0.717) is 6.67 Å². The Kier molecular flexibility index (Phi) is 3.71. The molecule has 1 heterocycles. The third kappa shape index (κ3) is 3.33. The zero-order valence-corrected chi connectivity index (χ0v) is 11.4. The van der Waals surface area contributed by atoms with Crippen molar-refractivity contribution in [3.8, 4) is 0 Å². The molecule has 2 rings (SSSR count). The first-order chi connectivity index (χ1) is 8.46. The van der Waals surface area contributed by atoms with Gasteiger partial charge in [-0.15, -0.1) is 0 Å². The van der Waals surface area contributed by atoms with Crippen LogP contribution in [0.4, 0.5) is 0 Å². The summed E-state index contributed by atoms with van der Waals surface area (Å²) in [6.07, 6.45) is 0.778. The van der Waals surface area contributed by atoms with Crippen LogP contribution >= 0.6 is 0 Å². The molecule has 1 fully saturated rings. The molecule has 0 saturated carbocycles. The van der Waals surface area contributed by atoms with Crippen LogP contribution in [0.5, 0.6) is 0 Å². The monoisotopic (exact) mass is 246 g/mol. The topological polar surface area (TPSA) is 32.3 Å². The van der Waals surface area contributed by atoms with Gasteiger partial charge in [0, 0.05) is 6.54 Å². The minimum absolute atomic E-state index is 0.0604. The minimum Gasteiger partial charge on any atom is -0.328 e. The normalized spacial score (nSPS) is 20.5. The second-order valence-electron chi connectivity index (χ2n) is 6.20. The van der Waals surface area contributed by atoms with Gasteiger partial charge in [-0.05, 0) is 17.4 Å². The third-order valence-corrected chi connectivity index (χ3v) is 3.09. The molecule has 1 unspecified atom stereocenters. The van der Waals surface area contributed by atoms with E-state index in [9.17, 15) is 4.79 Å². The SMILES string of the molecule is CC(C)(C)CN1CNC(Cc2ccccc2)C1=O. The van der Waals surface area contributed by atoms with E-state index in [0.717, 1.165) is 13.0 Å². The predicted octanol–water partition coefficient (Wildman–Crippen LogP) is 2.03. The fourth-order valence-electron chi connectivity index (χ4n) is 2.32. The van der Waals surface area contributed by atoms with Gasteiger partial charge < -0.3 is 4.90 Å². The number of nitrogens with one attached hydrogen (secondary N) is 1. The van der Waals surface area contributed by atoms with Crippen LogP contribution in [0.3, 0.4) is 0 Å². The maximum absolute atomic E-state index is 12.3. The maximum atomic E-state index is 12.3. The van der Waals surface area contributed by atoms with Gasteiger partial charge in [-0.25, -0.2) is 0 Å².